The number of pyridine rings is 2. The van der Waals surface area contributed by atoms with Crippen molar-refractivity contribution < 1.29 is 14.8 Å². The van der Waals surface area contributed by atoms with Crippen molar-refractivity contribution in [3.05, 3.63) is 71.3 Å². The number of nitrogens with one attached hydrogen (secondary N) is 2. The highest BCUT2D eigenvalue weighted by molar-refractivity contribution is 6.14. The van der Waals surface area contributed by atoms with E-state index in [4.69, 9.17) is 0 Å². The van der Waals surface area contributed by atoms with Crippen molar-refractivity contribution in [1.29, 1.82) is 0 Å². The zero-order valence-corrected chi connectivity index (χ0v) is 13.4. The third-order valence-corrected chi connectivity index (χ3v) is 4.32. The Labute approximate surface area is 136 Å². The smallest absolute Gasteiger partial charge is 0.185 e. The standard InChI is InChI=1S/C20H20N2O/c1-2-15-9-18(11-16-5-3-7-21-13-16)20(23)19(10-15)12-17-6-4-8-22-14-17/h3-8,11-15H,2,9-10H2,1H3/p+2. The van der Waals surface area contributed by atoms with Crippen molar-refractivity contribution in [2.45, 2.75) is 26.2 Å². The van der Waals surface area contributed by atoms with E-state index in [1.807, 2.05) is 61.2 Å². The number of allylic oxidation sites excluding steroid dienone is 2. The van der Waals surface area contributed by atoms with E-state index < -0.39 is 0 Å². The highest BCUT2D eigenvalue weighted by Crippen LogP contribution is 2.33. The van der Waals surface area contributed by atoms with Crippen molar-refractivity contribution in [2.75, 3.05) is 0 Å². The van der Waals surface area contributed by atoms with E-state index in [0.717, 1.165) is 41.5 Å². The predicted molar refractivity (Wildman–Crippen MR) is 90.0 cm³/mol. The number of carbonyl (C=O) groups excluding carboxylic acids is 1. The molecule has 1 aliphatic carbocycles. The molecule has 116 valence electrons. The molecule has 0 saturated heterocycles. The van der Waals surface area contributed by atoms with Gasteiger partial charge in [0.1, 0.15) is 0 Å². The molecule has 0 spiro atoms. The topological polar surface area (TPSA) is 45.4 Å². The van der Waals surface area contributed by atoms with Crippen molar-refractivity contribution in [2.24, 2.45) is 5.92 Å². The van der Waals surface area contributed by atoms with Crippen LogP contribution in [0.1, 0.15) is 37.3 Å². The van der Waals surface area contributed by atoms with E-state index in [9.17, 15) is 4.79 Å². The van der Waals surface area contributed by atoms with Crippen LogP contribution in [-0.2, 0) is 4.79 Å². The van der Waals surface area contributed by atoms with Gasteiger partial charge in [-0.2, -0.15) is 0 Å². The molecule has 1 aliphatic rings. The van der Waals surface area contributed by atoms with Crippen molar-refractivity contribution in [1.82, 2.24) is 0 Å². The summed E-state index contributed by atoms with van der Waals surface area (Å²) in [6, 6.07) is 7.94. The normalized spacial score (nSPS) is 21.8. The van der Waals surface area contributed by atoms with Crippen LogP contribution < -0.4 is 9.97 Å². The Hall–Kier alpha value is -2.55. The molecule has 0 radical (unpaired) electrons. The van der Waals surface area contributed by atoms with Crippen molar-refractivity contribution in [3.8, 4) is 0 Å². The second kappa shape index (κ2) is 7.14. The molecule has 23 heavy (non-hydrogen) atoms. The molecule has 0 aliphatic heterocycles. The van der Waals surface area contributed by atoms with E-state index >= 15 is 0 Å². The zero-order valence-electron chi connectivity index (χ0n) is 13.4. The van der Waals surface area contributed by atoms with Gasteiger partial charge in [0.25, 0.3) is 0 Å². The second-order valence-corrected chi connectivity index (χ2v) is 6.02. The molecular formula is C20H22N2O+2. The lowest BCUT2D eigenvalue weighted by Gasteiger charge is -2.24. The quantitative estimate of drug-likeness (QED) is 0.803. The summed E-state index contributed by atoms with van der Waals surface area (Å²) in [7, 11) is 0. The summed E-state index contributed by atoms with van der Waals surface area (Å²) >= 11 is 0. The summed E-state index contributed by atoms with van der Waals surface area (Å²) in [5, 5.41) is 0. The molecule has 2 N–H and O–H groups in total. The lowest BCUT2D eigenvalue weighted by molar-refractivity contribution is -0.378. The average Bonchev–Trinajstić information content (AvgIpc) is 2.60. The summed E-state index contributed by atoms with van der Waals surface area (Å²) in [4.78, 5) is 19.0. The first-order valence-electron chi connectivity index (χ1n) is 8.14. The monoisotopic (exact) mass is 306 g/mol. The van der Waals surface area contributed by atoms with Crippen molar-refractivity contribution in [3.63, 3.8) is 0 Å². The van der Waals surface area contributed by atoms with Crippen LogP contribution in [0.4, 0.5) is 0 Å². The first kappa shape index (κ1) is 15.3. The number of ketones is 1. The Balaban J connectivity index is 1.94. The number of hydrogen-bond donors (Lipinski definition) is 0. The maximum absolute atomic E-state index is 12.8. The number of aromatic nitrogens is 2. The van der Waals surface area contributed by atoms with Gasteiger partial charge in [-0.3, -0.25) is 4.79 Å². The van der Waals surface area contributed by atoms with Crippen molar-refractivity contribution >= 4 is 17.9 Å². The number of carbonyl (C=O) groups is 1. The van der Waals surface area contributed by atoms with E-state index in [-0.39, 0.29) is 5.78 Å². The Morgan fingerprint density at radius 1 is 1.00 bits per heavy atom. The molecule has 0 unspecified atom stereocenters. The molecule has 2 aromatic heterocycles. The van der Waals surface area contributed by atoms with Crippen LogP contribution in [0.2, 0.25) is 0 Å². The minimum Gasteiger partial charge on any atom is -0.289 e. The van der Waals surface area contributed by atoms with Gasteiger partial charge >= 0.3 is 0 Å². The predicted octanol–water partition coefficient (Wildman–Crippen LogP) is 3.17. The fourth-order valence-electron chi connectivity index (χ4n) is 3.02. The van der Waals surface area contributed by atoms with Crippen LogP contribution in [0, 0.1) is 5.92 Å². The molecule has 2 aromatic rings. The molecule has 1 fully saturated rings. The Bertz CT molecular complexity index is 671. The largest absolute Gasteiger partial charge is 0.289 e. The second-order valence-electron chi connectivity index (χ2n) is 6.02. The van der Waals surface area contributed by atoms with Gasteiger partial charge in [0, 0.05) is 34.4 Å². The van der Waals surface area contributed by atoms with Gasteiger partial charge in [-0.1, -0.05) is 13.3 Å². The van der Waals surface area contributed by atoms with E-state index in [0.29, 0.717) is 5.92 Å². The summed E-state index contributed by atoms with van der Waals surface area (Å²) in [5.74, 6) is 0.716. The van der Waals surface area contributed by atoms with Crippen LogP contribution in [0.3, 0.4) is 0 Å². The average molecular weight is 306 g/mol. The minimum absolute atomic E-state index is 0.183. The Kier molecular flexibility index (Phi) is 4.77. The highest BCUT2D eigenvalue weighted by Gasteiger charge is 2.27. The van der Waals surface area contributed by atoms with Gasteiger partial charge in [-0.25, -0.2) is 9.97 Å². The van der Waals surface area contributed by atoms with Gasteiger partial charge < -0.3 is 0 Å². The fraction of sp³-hybridized carbons (Fsp3) is 0.250. The third kappa shape index (κ3) is 3.81. The third-order valence-electron chi connectivity index (χ3n) is 4.32. The van der Waals surface area contributed by atoms with Gasteiger partial charge in [-0.15, -0.1) is 0 Å². The number of hydrogen-bond acceptors (Lipinski definition) is 1. The fourth-order valence-corrected chi connectivity index (χ4v) is 3.02. The van der Waals surface area contributed by atoms with Gasteiger partial charge in [0.05, 0.1) is 0 Å². The van der Waals surface area contributed by atoms with Crippen LogP contribution >= 0.6 is 0 Å². The molecule has 3 rings (SSSR count). The van der Waals surface area contributed by atoms with E-state index in [2.05, 4.69) is 16.9 Å². The van der Waals surface area contributed by atoms with Crippen LogP contribution in [0.15, 0.2) is 60.2 Å². The Morgan fingerprint density at radius 2 is 1.52 bits per heavy atom. The molecule has 3 nitrogen and oxygen atoms in total. The number of H-pyrrole nitrogens is 2. The van der Waals surface area contributed by atoms with Crippen LogP contribution in [0.5, 0.6) is 0 Å². The molecule has 3 heteroatoms. The minimum atomic E-state index is 0.183. The first-order chi connectivity index (χ1) is 11.3. The number of rotatable bonds is 3. The summed E-state index contributed by atoms with van der Waals surface area (Å²) < 4.78 is 0. The molecular weight excluding hydrogens is 284 g/mol. The Morgan fingerprint density at radius 3 is 1.91 bits per heavy atom. The summed E-state index contributed by atoms with van der Waals surface area (Å²) in [6.45, 7) is 2.20. The SMILES string of the molecule is CCC1CC(=Cc2ccc[nH+]c2)C(=O)C(=Cc2ccc[nH+]c2)C1. The van der Waals surface area contributed by atoms with Gasteiger partial charge in [0.15, 0.2) is 30.6 Å². The highest BCUT2D eigenvalue weighted by atomic mass is 16.1. The summed E-state index contributed by atoms with van der Waals surface area (Å²) in [6.07, 6.45) is 14.4. The molecule has 0 atom stereocenters. The van der Waals surface area contributed by atoms with E-state index in [1.54, 1.807) is 0 Å². The lowest BCUT2D eigenvalue weighted by Crippen LogP contribution is -2.19. The first-order valence-corrected chi connectivity index (χ1v) is 8.14. The number of aromatic amines is 2. The molecule has 0 amide bonds. The zero-order chi connectivity index (χ0) is 16.1. The summed E-state index contributed by atoms with van der Waals surface area (Å²) in [5.41, 5.74) is 3.91. The maximum Gasteiger partial charge on any atom is 0.185 e. The van der Waals surface area contributed by atoms with Gasteiger partial charge in [0.2, 0.25) is 0 Å². The maximum atomic E-state index is 12.8. The van der Waals surface area contributed by atoms with Crippen LogP contribution in [-0.4, -0.2) is 5.78 Å². The van der Waals surface area contributed by atoms with Gasteiger partial charge in [-0.05, 0) is 43.0 Å². The number of Topliss-reactive ketones (excluding diaryl/α,β-unsaturated/α-hetero) is 1. The molecule has 1 saturated carbocycles. The van der Waals surface area contributed by atoms with Crippen LogP contribution in [0.25, 0.3) is 12.2 Å². The van der Waals surface area contributed by atoms with E-state index in [1.165, 1.54) is 0 Å². The molecule has 0 bridgehead atoms. The lowest BCUT2D eigenvalue weighted by atomic mass is 9.79. The molecule has 0 aromatic carbocycles. The molecule has 2 heterocycles.